The lowest BCUT2D eigenvalue weighted by Gasteiger charge is -2.01. The zero-order valence-corrected chi connectivity index (χ0v) is 7.50. The lowest BCUT2D eigenvalue weighted by molar-refractivity contribution is 0.174. The van der Waals surface area contributed by atoms with E-state index in [1.807, 2.05) is 0 Å². The summed E-state index contributed by atoms with van der Waals surface area (Å²) in [5.74, 6) is -1.22. The molecule has 74 valence electrons. The van der Waals surface area contributed by atoms with Crippen LogP contribution < -0.4 is 0 Å². The second-order valence-corrected chi connectivity index (χ2v) is 4.27. The lowest BCUT2D eigenvalue weighted by Crippen LogP contribution is -2.17. The van der Waals surface area contributed by atoms with Crippen molar-refractivity contribution >= 4 is 9.84 Å². The van der Waals surface area contributed by atoms with Gasteiger partial charge in [-0.15, -0.1) is 0 Å². The van der Waals surface area contributed by atoms with Crippen molar-refractivity contribution in [2.75, 3.05) is 5.75 Å². The summed E-state index contributed by atoms with van der Waals surface area (Å²) in [7, 11) is -2.68. The van der Waals surface area contributed by atoms with Crippen molar-refractivity contribution < 1.29 is 17.2 Å². The van der Waals surface area contributed by atoms with Crippen LogP contribution in [0.2, 0.25) is 0 Å². The van der Waals surface area contributed by atoms with Crippen LogP contribution in [0.3, 0.4) is 0 Å². The van der Waals surface area contributed by atoms with Crippen LogP contribution in [-0.4, -0.2) is 35.4 Å². The summed E-state index contributed by atoms with van der Waals surface area (Å²) in [5.41, 5.74) is 0. The van der Waals surface area contributed by atoms with Gasteiger partial charge in [-0.05, 0) is 0 Å². The highest BCUT2D eigenvalue weighted by atomic mass is 32.2. The molecule has 0 aliphatic carbocycles. The number of aryl methyl sites for hydroxylation is 1. The molecule has 1 aromatic heterocycles. The van der Waals surface area contributed by atoms with Crippen molar-refractivity contribution in [3.63, 3.8) is 0 Å². The van der Waals surface area contributed by atoms with Crippen molar-refractivity contribution in [1.29, 1.82) is 0 Å². The minimum absolute atomic E-state index is 0.437. The largest absolute Gasteiger partial charge is 0.252 e. The van der Waals surface area contributed by atoms with Crippen LogP contribution in [0.25, 0.3) is 0 Å². The van der Waals surface area contributed by atoms with Gasteiger partial charge in [0.25, 0.3) is 6.43 Å². The molecule has 0 amide bonds. The van der Waals surface area contributed by atoms with E-state index in [0.29, 0.717) is 0 Å². The standard InChI is InChI=1S/C5H7F2N3O2S/c1-10-5(8-3-9-10)13(11,12)2-4(6)7/h3-4H,2H2,1H3. The van der Waals surface area contributed by atoms with E-state index >= 15 is 0 Å². The monoisotopic (exact) mass is 211 g/mol. The maximum absolute atomic E-state index is 11.8. The van der Waals surface area contributed by atoms with E-state index in [-0.39, 0.29) is 0 Å². The fraction of sp³-hybridized carbons (Fsp3) is 0.600. The Kier molecular flexibility index (Phi) is 2.60. The van der Waals surface area contributed by atoms with E-state index in [4.69, 9.17) is 0 Å². The average molecular weight is 211 g/mol. The molecule has 0 bridgehead atoms. The highest BCUT2D eigenvalue weighted by Gasteiger charge is 2.24. The summed E-state index contributed by atoms with van der Waals surface area (Å²) in [6, 6.07) is 0. The summed E-state index contributed by atoms with van der Waals surface area (Å²) >= 11 is 0. The van der Waals surface area contributed by atoms with E-state index in [1.165, 1.54) is 7.05 Å². The Morgan fingerprint density at radius 3 is 2.62 bits per heavy atom. The van der Waals surface area contributed by atoms with Crippen molar-refractivity contribution in [2.45, 2.75) is 11.6 Å². The summed E-state index contributed by atoms with van der Waals surface area (Å²) in [5, 5.41) is 3.03. The first-order valence-corrected chi connectivity index (χ1v) is 4.93. The van der Waals surface area contributed by atoms with Gasteiger partial charge in [-0.25, -0.2) is 26.9 Å². The van der Waals surface area contributed by atoms with Gasteiger partial charge in [0, 0.05) is 7.05 Å². The van der Waals surface area contributed by atoms with Gasteiger partial charge in [-0.3, -0.25) is 0 Å². The molecule has 1 heterocycles. The maximum atomic E-state index is 11.8. The molecule has 0 unspecified atom stereocenters. The zero-order chi connectivity index (χ0) is 10.1. The topological polar surface area (TPSA) is 64.8 Å². The molecule has 0 saturated heterocycles. The maximum Gasteiger partial charge on any atom is 0.252 e. The Morgan fingerprint density at radius 1 is 1.62 bits per heavy atom. The highest BCUT2D eigenvalue weighted by Crippen LogP contribution is 2.08. The van der Waals surface area contributed by atoms with Gasteiger partial charge >= 0.3 is 0 Å². The van der Waals surface area contributed by atoms with Crippen molar-refractivity contribution in [2.24, 2.45) is 7.05 Å². The van der Waals surface area contributed by atoms with Gasteiger partial charge in [0.05, 0.1) is 0 Å². The van der Waals surface area contributed by atoms with E-state index in [2.05, 4.69) is 10.1 Å². The summed E-state index contributed by atoms with van der Waals surface area (Å²) in [4.78, 5) is 3.37. The molecule has 0 aliphatic heterocycles. The van der Waals surface area contributed by atoms with Crippen LogP contribution in [0.15, 0.2) is 11.5 Å². The molecule has 13 heavy (non-hydrogen) atoms. The molecule has 5 nitrogen and oxygen atoms in total. The second kappa shape index (κ2) is 3.36. The fourth-order valence-corrected chi connectivity index (χ4v) is 1.95. The molecule has 0 atom stereocenters. The fourth-order valence-electron chi connectivity index (χ4n) is 0.808. The van der Waals surface area contributed by atoms with Gasteiger partial charge in [0.1, 0.15) is 12.1 Å². The predicted molar refractivity (Wildman–Crippen MR) is 39.1 cm³/mol. The summed E-state index contributed by atoms with van der Waals surface area (Å²) < 4.78 is 46.8. The number of nitrogens with zero attached hydrogens (tertiary/aromatic N) is 3. The van der Waals surface area contributed by atoms with Crippen molar-refractivity contribution in [1.82, 2.24) is 14.8 Å². The van der Waals surface area contributed by atoms with E-state index in [9.17, 15) is 17.2 Å². The molecule has 1 aromatic rings. The third-order valence-electron chi connectivity index (χ3n) is 1.29. The van der Waals surface area contributed by atoms with E-state index in [0.717, 1.165) is 11.0 Å². The Labute approximate surface area is 73.3 Å². The molecule has 0 spiro atoms. The second-order valence-electron chi connectivity index (χ2n) is 2.34. The SMILES string of the molecule is Cn1ncnc1S(=O)(=O)CC(F)F. The first kappa shape index (κ1) is 10.0. The zero-order valence-electron chi connectivity index (χ0n) is 6.68. The molecule has 0 radical (unpaired) electrons. The number of rotatable bonds is 3. The van der Waals surface area contributed by atoms with Crippen molar-refractivity contribution in [3.05, 3.63) is 6.33 Å². The van der Waals surface area contributed by atoms with Gasteiger partial charge in [-0.1, -0.05) is 0 Å². The molecular formula is C5H7F2N3O2S. The van der Waals surface area contributed by atoms with Crippen LogP contribution >= 0.6 is 0 Å². The number of sulfone groups is 1. The molecule has 0 saturated carbocycles. The third kappa shape index (κ3) is 2.20. The first-order chi connectivity index (χ1) is 5.93. The van der Waals surface area contributed by atoms with Crippen LogP contribution in [0.1, 0.15) is 0 Å². The normalized spacial score (nSPS) is 12.3. The number of aromatic nitrogens is 3. The van der Waals surface area contributed by atoms with Crippen LogP contribution in [0.4, 0.5) is 8.78 Å². The van der Waals surface area contributed by atoms with Gasteiger partial charge in [0.2, 0.25) is 15.0 Å². The number of alkyl halides is 2. The quantitative estimate of drug-likeness (QED) is 0.697. The minimum Gasteiger partial charge on any atom is -0.240 e. The van der Waals surface area contributed by atoms with Crippen LogP contribution in [0, 0.1) is 0 Å². The number of halogens is 2. The average Bonchev–Trinajstić information content (AvgIpc) is 2.32. The Morgan fingerprint density at radius 2 is 2.23 bits per heavy atom. The number of hydrogen-bond acceptors (Lipinski definition) is 4. The van der Waals surface area contributed by atoms with Crippen LogP contribution in [-0.2, 0) is 16.9 Å². The summed E-state index contributed by atoms with van der Waals surface area (Å²) in [6.07, 6.45) is -1.90. The molecule has 0 aromatic carbocycles. The van der Waals surface area contributed by atoms with E-state index in [1.54, 1.807) is 0 Å². The van der Waals surface area contributed by atoms with E-state index < -0.39 is 27.2 Å². The highest BCUT2D eigenvalue weighted by molar-refractivity contribution is 7.91. The van der Waals surface area contributed by atoms with Crippen molar-refractivity contribution in [3.8, 4) is 0 Å². The molecular weight excluding hydrogens is 204 g/mol. The minimum atomic E-state index is -4.01. The molecule has 1 rings (SSSR count). The lowest BCUT2D eigenvalue weighted by atomic mass is 10.9. The molecule has 0 fully saturated rings. The molecule has 0 N–H and O–H groups in total. The Hall–Kier alpha value is -1.05. The molecule has 8 heteroatoms. The van der Waals surface area contributed by atoms with Gasteiger partial charge < -0.3 is 0 Å². The Bertz CT molecular complexity index is 386. The predicted octanol–water partition coefficient (Wildman–Crippen LogP) is -0.146. The first-order valence-electron chi connectivity index (χ1n) is 3.28. The molecule has 0 aliphatic rings. The van der Waals surface area contributed by atoms with Gasteiger partial charge in [-0.2, -0.15) is 5.10 Å². The number of hydrogen-bond donors (Lipinski definition) is 0. The Balaban J connectivity index is 3.02. The van der Waals surface area contributed by atoms with Crippen LogP contribution in [0.5, 0.6) is 0 Å². The smallest absolute Gasteiger partial charge is 0.240 e. The van der Waals surface area contributed by atoms with Gasteiger partial charge in [0.15, 0.2) is 0 Å². The summed E-state index contributed by atoms with van der Waals surface area (Å²) in [6.45, 7) is 0. The third-order valence-corrected chi connectivity index (χ3v) is 2.91.